The van der Waals surface area contributed by atoms with Crippen molar-refractivity contribution in [3.05, 3.63) is 66.4 Å². The molecule has 0 saturated carbocycles. The molecule has 2 aromatic carbocycles. The van der Waals surface area contributed by atoms with E-state index in [1.165, 1.54) is 0 Å². The molecule has 2 N–H and O–H groups in total. The fourth-order valence-electron chi connectivity index (χ4n) is 3.83. The summed E-state index contributed by atoms with van der Waals surface area (Å²) in [6.07, 6.45) is 1.59. The Morgan fingerprint density at radius 2 is 1.62 bits per heavy atom. The van der Waals surface area contributed by atoms with E-state index in [-0.39, 0.29) is 11.7 Å². The summed E-state index contributed by atoms with van der Waals surface area (Å²) in [7, 11) is 1.75. The molecule has 0 aliphatic carbocycles. The Morgan fingerprint density at radius 1 is 0.865 bits per heavy atom. The summed E-state index contributed by atoms with van der Waals surface area (Å²) in [5.74, 6) is 1.21. The first-order valence-corrected chi connectivity index (χ1v) is 11.9. The van der Waals surface area contributed by atoms with Crippen molar-refractivity contribution < 1.29 is 23.5 Å². The molecule has 2 aliphatic rings. The largest absolute Gasteiger partial charge is 0.491 e. The Balaban J connectivity index is 1.46. The maximum atomic E-state index is 12.8. The molecule has 0 atom stereocenters. The number of nitrogens with zero attached hydrogens (tertiary/aromatic N) is 4. The van der Waals surface area contributed by atoms with Crippen LogP contribution in [0.25, 0.3) is 34.0 Å². The van der Waals surface area contributed by atoms with E-state index in [4.69, 9.17) is 24.5 Å². The summed E-state index contributed by atoms with van der Waals surface area (Å²) in [5, 5.41) is 4.20. The van der Waals surface area contributed by atoms with Crippen molar-refractivity contribution in [1.82, 2.24) is 20.0 Å². The van der Waals surface area contributed by atoms with E-state index >= 15 is 0 Å². The van der Waals surface area contributed by atoms with Crippen molar-refractivity contribution in [3.63, 3.8) is 0 Å². The van der Waals surface area contributed by atoms with Gasteiger partial charge in [-0.2, -0.15) is 0 Å². The van der Waals surface area contributed by atoms with Gasteiger partial charge >= 0.3 is 0 Å². The quantitative estimate of drug-likeness (QED) is 0.360. The molecule has 37 heavy (non-hydrogen) atoms. The number of amides is 1. The van der Waals surface area contributed by atoms with Gasteiger partial charge in [-0.05, 0) is 24.3 Å². The number of nitrogen functional groups attached to an aromatic ring is 1. The van der Waals surface area contributed by atoms with Crippen LogP contribution in [0.3, 0.4) is 0 Å². The van der Waals surface area contributed by atoms with Crippen LogP contribution in [-0.2, 0) is 9.47 Å². The maximum Gasteiger partial charge on any atom is 0.253 e. The van der Waals surface area contributed by atoms with Crippen molar-refractivity contribution in [3.8, 4) is 39.7 Å². The lowest BCUT2D eigenvalue weighted by Crippen LogP contribution is -2.30. The van der Waals surface area contributed by atoms with Gasteiger partial charge in [0.15, 0.2) is 17.3 Å². The molecule has 190 valence electrons. The van der Waals surface area contributed by atoms with Gasteiger partial charge in [-0.3, -0.25) is 4.79 Å². The lowest BCUT2D eigenvalue weighted by atomic mass is 10.1. The summed E-state index contributed by atoms with van der Waals surface area (Å²) >= 11 is 0. The summed E-state index contributed by atoms with van der Waals surface area (Å²) < 4.78 is 22.6. The molecule has 0 unspecified atom stereocenters. The lowest BCUT2D eigenvalue weighted by molar-refractivity contribution is 0.0301. The van der Waals surface area contributed by atoms with Crippen molar-refractivity contribution in [2.75, 3.05) is 52.4 Å². The second-order valence-corrected chi connectivity index (χ2v) is 8.47. The Bertz CT molecular complexity index is 1370. The smallest absolute Gasteiger partial charge is 0.253 e. The molecule has 0 fully saturated rings. The average molecular weight is 502 g/mol. The molecular weight excluding hydrogens is 474 g/mol. The van der Waals surface area contributed by atoms with Crippen molar-refractivity contribution >= 4 is 11.7 Å². The fraction of sp³-hybridized carbons (Fsp3) is 0.259. The second kappa shape index (κ2) is 11.2. The third-order valence-electron chi connectivity index (χ3n) is 5.89. The predicted octanol–water partition coefficient (Wildman–Crippen LogP) is 3.55. The third kappa shape index (κ3) is 5.76. The van der Waals surface area contributed by atoms with Crippen LogP contribution >= 0.6 is 0 Å². The molecule has 0 radical (unpaired) electrons. The highest BCUT2D eigenvalue weighted by Crippen LogP contribution is 2.31. The highest BCUT2D eigenvalue weighted by molar-refractivity contribution is 5.94. The summed E-state index contributed by atoms with van der Waals surface area (Å²) in [6.45, 7) is 2.57. The number of benzene rings is 2. The minimum Gasteiger partial charge on any atom is -0.491 e. The summed E-state index contributed by atoms with van der Waals surface area (Å²) in [6, 6.07) is 16.5. The zero-order valence-electron chi connectivity index (χ0n) is 20.4. The number of aromatic nitrogens is 3. The molecule has 10 heteroatoms. The van der Waals surface area contributed by atoms with Gasteiger partial charge in [-0.25, -0.2) is 9.97 Å². The van der Waals surface area contributed by atoms with Crippen LogP contribution in [0, 0.1) is 0 Å². The molecule has 10 nitrogen and oxygen atoms in total. The summed E-state index contributed by atoms with van der Waals surface area (Å²) in [4.78, 5) is 23.4. The highest BCUT2D eigenvalue weighted by atomic mass is 16.5. The molecule has 2 aliphatic heterocycles. The molecule has 0 spiro atoms. The molecule has 0 saturated heterocycles. The van der Waals surface area contributed by atoms with Gasteiger partial charge in [0.2, 0.25) is 0 Å². The number of rotatable bonds is 0. The number of hydrogen-bond acceptors (Lipinski definition) is 9. The van der Waals surface area contributed by atoms with Crippen molar-refractivity contribution in [2.45, 2.75) is 0 Å². The molecule has 2 aromatic heterocycles. The molecule has 4 aromatic rings. The number of nitrogens with two attached hydrogens (primary N) is 1. The maximum absolute atomic E-state index is 12.8. The van der Waals surface area contributed by atoms with Crippen LogP contribution in [-0.4, -0.2) is 72.6 Å². The second-order valence-electron chi connectivity index (χ2n) is 8.47. The van der Waals surface area contributed by atoms with E-state index in [0.717, 1.165) is 11.1 Å². The Hall–Kier alpha value is -4.28. The first-order valence-electron chi connectivity index (χ1n) is 11.9. The minimum atomic E-state index is -0.0977. The van der Waals surface area contributed by atoms with Crippen LogP contribution in [0.5, 0.6) is 5.75 Å². The number of fused-ring (bicyclic) bond motifs is 12. The highest BCUT2D eigenvalue weighted by Gasteiger charge is 2.17. The normalized spacial score (nSPS) is 15.2. The topological polar surface area (TPSA) is 126 Å². The molecular formula is C27H27N5O5. The first kappa shape index (κ1) is 24.4. The van der Waals surface area contributed by atoms with E-state index in [0.29, 0.717) is 73.7 Å². The third-order valence-corrected chi connectivity index (χ3v) is 5.89. The van der Waals surface area contributed by atoms with Crippen LogP contribution < -0.4 is 10.5 Å². The standard InChI is InChI=1S/C27H27N5O5/c1-32-9-10-34-11-12-35-13-14-36-21-4-2-3-20(15-21)22-16-24(37-31-22)25-26(28)29-17-23(30-25)18-5-7-19(8-6-18)27(32)33/h2-8,15-17H,9-14H2,1H3,(H2,28,29). The number of ether oxygens (including phenoxy) is 3. The van der Waals surface area contributed by atoms with Crippen LogP contribution in [0.15, 0.2) is 65.3 Å². The van der Waals surface area contributed by atoms with Gasteiger partial charge in [-0.1, -0.05) is 29.4 Å². The van der Waals surface area contributed by atoms with Crippen LogP contribution in [0.1, 0.15) is 10.4 Å². The Kier molecular flexibility index (Phi) is 7.38. The molecule has 6 rings (SSSR count). The van der Waals surface area contributed by atoms with E-state index in [9.17, 15) is 4.79 Å². The number of carbonyl (C=O) groups excluding carboxylic acids is 1. The van der Waals surface area contributed by atoms with Crippen LogP contribution in [0.4, 0.5) is 5.82 Å². The zero-order chi connectivity index (χ0) is 25.6. The Morgan fingerprint density at radius 3 is 2.46 bits per heavy atom. The van der Waals surface area contributed by atoms with E-state index in [1.54, 1.807) is 36.3 Å². The van der Waals surface area contributed by atoms with E-state index in [2.05, 4.69) is 15.1 Å². The molecule has 1 amide bonds. The molecule has 8 bridgehead atoms. The fourth-order valence-corrected chi connectivity index (χ4v) is 3.83. The monoisotopic (exact) mass is 501 g/mol. The number of likely N-dealkylation sites (N-methyl/N-ethyl adjacent to an activating group) is 1. The summed E-state index contributed by atoms with van der Waals surface area (Å²) in [5.41, 5.74) is 9.89. The van der Waals surface area contributed by atoms with Gasteiger partial charge in [0.05, 0.1) is 38.3 Å². The SMILES string of the molecule is CN1CCOCCOCCOc2cccc(c2)-c2cc(on2)-c2nc(cnc2N)-c2ccc(cc2)C1=O. The van der Waals surface area contributed by atoms with Gasteiger partial charge < -0.3 is 29.4 Å². The van der Waals surface area contributed by atoms with E-state index < -0.39 is 0 Å². The van der Waals surface area contributed by atoms with Gasteiger partial charge in [0, 0.05) is 36.3 Å². The van der Waals surface area contributed by atoms with Gasteiger partial charge in [-0.15, -0.1) is 0 Å². The first-order chi connectivity index (χ1) is 18.1. The number of anilines is 1. The Labute approximate surface area is 214 Å². The van der Waals surface area contributed by atoms with Gasteiger partial charge in [0.25, 0.3) is 5.91 Å². The zero-order valence-corrected chi connectivity index (χ0v) is 20.4. The molecule has 4 heterocycles. The lowest BCUT2D eigenvalue weighted by Gasteiger charge is -2.17. The van der Waals surface area contributed by atoms with E-state index in [1.807, 2.05) is 36.4 Å². The van der Waals surface area contributed by atoms with Crippen LogP contribution in [0.2, 0.25) is 0 Å². The number of hydrogen-bond donors (Lipinski definition) is 1. The van der Waals surface area contributed by atoms with Gasteiger partial charge in [0.1, 0.15) is 18.1 Å². The van der Waals surface area contributed by atoms with Crippen molar-refractivity contribution in [2.24, 2.45) is 0 Å². The van der Waals surface area contributed by atoms with Crippen molar-refractivity contribution in [1.29, 1.82) is 0 Å². The number of carbonyl (C=O) groups is 1. The minimum absolute atomic E-state index is 0.0977. The average Bonchev–Trinajstić information content (AvgIpc) is 3.42. The predicted molar refractivity (Wildman–Crippen MR) is 137 cm³/mol.